The summed E-state index contributed by atoms with van der Waals surface area (Å²) in [5.41, 5.74) is 1.14. The van der Waals surface area contributed by atoms with Crippen molar-refractivity contribution >= 4 is 0 Å². The highest BCUT2D eigenvalue weighted by molar-refractivity contribution is 5.09. The summed E-state index contributed by atoms with van der Waals surface area (Å²) in [4.78, 5) is 0. The van der Waals surface area contributed by atoms with Gasteiger partial charge in [-0.2, -0.15) is 0 Å². The molecule has 0 aromatic heterocycles. The van der Waals surface area contributed by atoms with Gasteiger partial charge in [0.05, 0.1) is 6.10 Å². The maximum Gasteiger partial charge on any atom is 0.0543 e. The Morgan fingerprint density at radius 1 is 0.793 bits per heavy atom. The first kappa shape index (κ1) is 22.2. The van der Waals surface area contributed by atoms with E-state index in [1.54, 1.807) is 0 Å². The molecule has 1 N–H and O–H groups in total. The summed E-state index contributed by atoms with van der Waals surface area (Å²) in [7, 11) is 0. The van der Waals surface area contributed by atoms with Gasteiger partial charge in [-0.1, -0.05) is 54.4 Å². The van der Waals surface area contributed by atoms with Crippen LogP contribution in [-0.4, -0.2) is 11.2 Å². The van der Waals surface area contributed by atoms with E-state index < -0.39 is 0 Å². The molecule has 0 aliphatic heterocycles. The topological polar surface area (TPSA) is 20.2 Å². The summed E-state index contributed by atoms with van der Waals surface area (Å²) in [5.74, 6) is 7.28. The second-order valence-corrected chi connectivity index (χ2v) is 13.1. The lowest BCUT2D eigenvalue weighted by Gasteiger charge is -2.61. The molecule has 29 heavy (non-hydrogen) atoms. The fourth-order valence-corrected chi connectivity index (χ4v) is 9.27. The molecule has 10 atom stereocenters. The van der Waals surface area contributed by atoms with Crippen LogP contribution in [0.3, 0.4) is 0 Å². The van der Waals surface area contributed by atoms with Gasteiger partial charge < -0.3 is 5.11 Å². The highest BCUT2D eigenvalue weighted by Gasteiger charge is 2.60. The molecule has 0 saturated heterocycles. The van der Waals surface area contributed by atoms with Crippen LogP contribution >= 0.6 is 0 Å². The summed E-state index contributed by atoms with van der Waals surface area (Å²) < 4.78 is 0. The van der Waals surface area contributed by atoms with Crippen LogP contribution in [0.4, 0.5) is 0 Å². The predicted molar refractivity (Wildman–Crippen MR) is 124 cm³/mol. The van der Waals surface area contributed by atoms with Gasteiger partial charge in [0.15, 0.2) is 0 Å². The minimum atomic E-state index is -0.0107. The van der Waals surface area contributed by atoms with Crippen LogP contribution in [0.2, 0.25) is 0 Å². The van der Waals surface area contributed by atoms with E-state index in [1.807, 2.05) is 0 Å². The van der Waals surface area contributed by atoms with Gasteiger partial charge in [-0.25, -0.2) is 0 Å². The first-order valence-electron chi connectivity index (χ1n) is 13.3. The summed E-state index contributed by atoms with van der Waals surface area (Å²) >= 11 is 0. The molecule has 4 saturated carbocycles. The van der Waals surface area contributed by atoms with Crippen LogP contribution < -0.4 is 0 Å². The van der Waals surface area contributed by atoms with Crippen molar-refractivity contribution in [2.24, 2.45) is 58.2 Å². The minimum absolute atomic E-state index is 0.0107. The number of aliphatic hydroxyl groups is 1. The molecule has 4 fully saturated rings. The molecule has 0 heterocycles. The van der Waals surface area contributed by atoms with E-state index in [4.69, 9.17) is 0 Å². The number of aliphatic hydroxyl groups excluding tert-OH is 1. The lowest BCUT2D eigenvalue weighted by molar-refractivity contribution is -0.129. The Balaban J connectivity index is 1.46. The van der Waals surface area contributed by atoms with Crippen LogP contribution in [0.25, 0.3) is 0 Å². The molecular weight excluding hydrogens is 352 g/mol. The summed E-state index contributed by atoms with van der Waals surface area (Å²) in [6.45, 7) is 15.2. The van der Waals surface area contributed by atoms with Gasteiger partial charge in [-0.3, -0.25) is 0 Å². The van der Waals surface area contributed by atoms with Crippen LogP contribution in [0, 0.1) is 58.2 Å². The third-order valence-corrected chi connectivity index (χ3v) is 11.6. The lowest BCUT2D eigenvalue weighted by atomic mass is 9.44. The van der Waals surface area contributed by atoms with E-state index in [0.717, 1.165) is 60.2 Å². The fourth-order valence-electron chi connectivity index (χ4n) is 9.27. The minimum Gasteiger partial charge on any atom is -0.393 e. The van der Waals surface area contributed by atoms with E-state index in [0.29, 0.717) is 10.8 Å². The fraction of sp³-hybridized carbons (Fsp3) is 1.00. The zero-order valence-electron chi connectivity index (χ0n) is 20.4. The van der Waals surface area contributed by atoms with Crippen LogP contribution in [0.5, 0.6) is 0 Å². The van der Waals surface area contributed by atoms with E-state index in [9.17, 15) is 5.11 Å². The third-order valence-electron chi connectivity index (χ3n) is 11.6. The Hall–Kier alpha value is -0.0400. The Bertz CT molecular complexity index is 569. The van der Waals surface area contributed by atoms with Gasteiger partial charge in [0.1, 0.15) is 0 Å². The Morgan fingerprint density at radius 3 is 2.21 bits per heavy atom. The lowest BCUT2D eigenvalue weighted by Crippen LogP contribution is -2.54. The van der Waals surface area contributed by atoms with Crippen molar-refractivity contribution in [2.75, 3.05) is 0 Å². The normalized spacial score (nSPS) is 49.2. The molecular formula is C28H50O. The maximum atomic E-state index is 10.3. The van der Waals surface area contributed by atoms with Gasteiger partial charge in [0.25, 0.3) is 0 Å². The smallest absolute Gasteiger partial charge is 0.0543 e. The third kappa shape index (κ3) is 3.74. The second kappa shape index (κ2) is 8.14. The van der Waals surface area contributed by atoms with Gasteiger partial charge in [0.2, 0.25) is 0 Å². The van der Waals surface area contributed by atoms with Crippen molar-refractivity contribution in [3.05, 3.63) is 0 Å². The average molecular weight is 403 g/mol. The van der Waals surface area contributed by atoms with Crippen molar-refractivity contribution in [1.29, 1.82) is 0 Å². The van der Waals surface area contributed by atoms with E-state index in [1.165, 1.54) is 57.8 Å². The molecule has 1 nitrogen and oxygen atoms in total. The summed E-state index contributed by atoms with van der Waals surface area (Å²) in [5, 5.41) is 10.3. The SMILES string of the molecule is CC(C)[C@H](C)CC[C@@H](C)[C@H]1CC[C@H]2[C@@H]3CCC4C[C@@H](O)CC[C@]4(C)[C@H]3CC[C@]12C. The quantitative estimate of drug-likeness (QED) is 0.499. The Kier molecular flexibility index (Phi) is 6.22. The molecule has 1 unspecified atom stereocenters. The highest BCUT2D eigenvalue weighted by Crippen LogP contribution is 2.68. The van der Waals surface area contributed by atoms with Crippen molar-refractivity contribution < 1.29 is 5.11 Å². The summed E-state index contributed by atoms with van der Waals surface area (Å²) in [6.07, 6.45) is 15.1. The molecule has 0 amide bonds. The van der Waals surface area contributed by atoms with Gasteiger partial charge in [0, 0.05) is 0 Å². The maximum absolute atomic E-state index is 10.3. The van der Waals surface area contributed by atoms with Crippen molar-refractivity contribution in [2.45, 2.75) is 118 Å². The Labute approximate surface area is 181 Å². The molecule has 0 spiro atoms. The van der Waals surface area contributed by atoms with Crippen molar-refractivity contribution in [1.82, 2.24) is 0 Å². The zero-order chi connectivity index (χ0) is 21.0. The van der Waals surface area contributed by atoms with Gasteiger partial charge in [-0.15, -0.1) is 0 Å². The van der Waals surface area contributed by atoms with Crippen molar-refractivity contribution in [3.63, 3.8) is 0 Å². The average Bonchev–Trinajstić information content (AvgIpc) is 3.03. The number of rotatable bonds is 5. The monoisotopic (exact) mass is 402 g/mol. The molecule has 168 valence electrons. The van der Waals surface area contributed by atoms with Crippen LogP contribution in [-0.2, 0) is 0 Å². The standard InChI is InChI=1S/C28H50O/c1-18(2)19(3)7-8-20(4)24-11-12-25-23-10-9-21-17-22(29)13-15-27(21,5)26(23)14-16-28(24,25)6/h18-26,29H,7-17H2,1-6H3/t19-,20-,21?,22+,23+,24-,25+,26+,27+,28-/m1/s1. The predicted octanol–water partition coefficient (Wildman–Crippen LogP) is 7.71. The Morgan fingerprint density at radius 2 is 1.48 bits per heavy atom. The first-order chi connectivity index (χ1) is 13.7. The molecule has 4 aliphatic carbocycles. The molecule has 4 rings (SSSR count). The second-order valence-electron chi connectivity index (χ2n) is 13.1. The molecule has 0 aromatic carbocycles. The van der Waals surface area contributed by atoms with E-state index in [2.05, 4.69) is 41.5 Å². The summed E-state index contributed by atoms with van der Waals surface area (Å²) in [6, 6.07) is 0. The molecule has 4 aliphatic rings. The number of hydrogen-bond donors (Lipinski definition) is 1. The zero-order valence-corrected chi connectivity index (χ0v) is 20.4. The molecule has 0 aromatic rings. The molecule has 0 radical (unpaired) electrons. The van der Waals surface area contributed by atoms with Crippen LogP contribution in [0.15, 0.2) is 0 Å². The highest BCUT2D eigenvalue weighted by atomic mass is 16.3. The van der Waals surface area contributed by atoms with Gasteiger partial charge >= 0.3 is 0 Å². The van der Waals surface area contributed by atoms with Gasteiger partial charge in [-0.05, 0) is 116 Å². The largest absolute Gasteiger partial charge is 0.393 e. The number of hydrogen-bond acceptors (Lipinski definition) is 1. The molecule has 1 heteroatoms. The molecule has 0 bridgehead atoms. The van der Waals surface area contributed by atoms with E-state index in [-0.39, 0.29) is 6.10 Å². The van der Waals surface area contributed by atoms with Crippen molar-refractivity contribution in [3.8, 4) is 0 Å². The van der Waals surface area contributed by atoms with Crippen LogP contribution in [0.1, 0.15) is 112 Å². The first-order valence-corrected chi connectivity index (χ1v) is 13.3. The van der Waals surface area contributed by atoms with E-state index >= 15 is 0 Å². The number of fused-ring (bicyclic) bond motifs is 5.